The van der Waals surface area contributed by atoms with Gasteiger partial charge in [-0.1, -0.05) is 18.2 Å². The van der Waals surface area contributed by atoms with Crippen molar-refractivity contribution in [2.45, 2.75) is 13.0 Å². The molecule has 0 aromatic heterocycles. The maximum atomic E-state index is 12.6. The molecule has 0 bridgehead atoms. The molecule has 0 saturated carbocycles. The fraction of sp³-hybridized carbons (Fsp3) is 0.333. The topological polar surface area (TPSA) is 3.24 Å². The van der Waals surface area contributed by atoms with Crippen molar-refractivity contribution in [3.05, 3.63) is 47.8 Å². The monoisotopic (exact) mass is 190 g/mol. The lowest BCUT2D eigenvalue weighted by molar-refractivity contribution is 0.288. The average Bonchev–Trinajstić information content (AvgIpc) is 2.23. The third kappa shape index (κ3) is 2.42. The molecule has 2 rings (SSSR count). The Morgan fingerprint density at radius 1 is 1.29 bits per heavy atom. The second-order valence-corrected chi connectivity index (χ2v) is 3.52. The molecule has 1 heterocycles. The van der Waals surface area contributed by atoms with Crippen molar-refractivity contribution in [1.29, 1.82) is 0 Å². The first-order valence-electron chi connectivity index (χ1n) is 4.86. The van der Waals surface area contributed by atoms with Crippen LogP contribution in [0.5, 0.6) is 0 Å². The van der Waals surface area contributed by atoms with E-state index >= 15 is 0 Å². The van der Waals surface area contributed by atoms with E-state index in [1.165, 1.54) is 17.7 Å². The van der Waals surface area contributed by atoms with Gasteiger partial charge in [0.25, 0.3) is 0 Å². The molecule has 73 valence electrons. The Kier molecular flexibility index (Phi) is 2.94. The molecule has 0 spiro atoms. The molecule has 0 atom stereocenters. The number of rotatable bonds is 2. The predicted molar refractivity (Wildman–Crippen MR) is 54.1 cm³/mol. The summed E-state index contributed by atoms with van der Waals surface area (Å²) in [6.45, 7) is 2.91. The third-order valence-corrected chi connectivity index (χ3v) is 2.39. The van der Waals surface area contributed by atoms with Crippen LogP contribution < -0.4 is 0 Å². The Morgan fingerprint density at radius 2 is 2.07 bits per heavy atom. The molecule has 2 heteroatoms. The summed E-state index contributed by atoms with van der Waals surface area (Å²) in [7, 11) is 0. The highest BCUT2D eigenvalue weighted by atomic mass is 19.1. The zero-order valence-corrected chi connectivity index (χ0v) is 8.04. The van der Waals surface area contributed by atoms with Crippen LogP contribution in [0.1, 0.15) is 12.0 Å². The number of hydrogen-bond donors (Lipinski definition) is 0. The van der Waals surface area contributed by atoms with E-state index in [-0.39, 0.29) is 5.82 Å². The van der Waals surface area contributed by atoms with Crippen molar-refractivity contribution in [3.63, 3.8) is 0 Å². The highest BCUT2D eigenvalue weighted by Gasteiger charge is 2.06. The molecular weight excluding hydrogens is 177 g/mol. The van der Waals surface area contributed by atoms with Crippen molar-refractivity contribution in [1.82, 2.24) is 4.90 Å². The van der Waals surface area contributed by atoms with Crippen molar-refractivity contribution in [2.75, 3.05) is 13.1 Å². The van der Waals surface area contributed by atoms with Crippen LogP contribution in [-0.4, -0.2) is 18.0 Å². The minimum Gasteiger partial charge on any atom is -0.295 e. The summed E-state index contributed by atoms with van der Waals surface area (Å²) in [5.41, 5.74) is 1.17. The minimum absolute atomic E-state index is 0.166. The smallest absolute Gasteiger partial charge is 0.123 e. The van der Waals surface area contributed by atoms with Gasteiger partial charge in [-0.15, -0.1) is 0 Å². The fourth-order valence-corrected chi connectivity index (χ4v) is 1.60. The van der Waals surface area contributed by atoms with Gasteiger partial charge in [-0.25, -0.2) is 4.39 Å². The average molecular weight is 190 g/mol. The highest BCUT2D eigenvalue weighted by molar-refractivity contribution is 5.16. The molecule has 1 nitrogen and oxygen atoms in total. The molecule has 1 radical (unpaired) electrons. The Morgan fingerprint density at radius 3 is 2.71 bits per heavy atom. The van der Waals surface area contributed by atoms with Crippen LogP contribution in [0.15, 0.2) is 30.3 Å². The van der Waals surface area contributed by atoms with Crippen LogP contribution in [0.2, 0.25) is 0 Å². The minimum atomic E-state index is -0.166. The molecule has 0 N–H and O–H groups in total. The second-order valence-electron chi connectivity index (χ2n) is 3.52. The Labute approximate surface area is 83.9 Å². The van der Waals surface area contributed by atoms with Crippen LogP contribution in [0.3, 0.4) is 0 Å². The number of nitrogens with zero attached hydrogens (tertiary/aromatic N) is 1. The van der Waals surface area contributed by atoms with Gasteiger partial charge in [0.05, 0.1) is 0 Å². The van der Waals surface area contributed by atoms with Crippen LogP contribution >= 0.6 is 0 Å². The van der Waals surface area contributed by atoms with E-state index < -0.39 is 0 Å². The molecule has 1 aliphatic rings. The van der Waals surface area contributed by atoms with Crippen molar-refractivity contribution >= 4 is 0 Å². The molecule has 1 aromatic rings. The van der Waals surface area contributed by atoms with Gasteiger partial charge in [0, 0.05) is 19.6 Å². The molecule has 0 aliphatic carbocycles. The first-order valence-corrected chi connectivity index (χ1v) is 4.86. The maximum absolute atomic E-state index is 12.6. The van der Waals surface area contributed by atoms with Crippen LogP contribution in [0.25, 0.3) is 0 Å². The molecule has 0 amide bonds. The van der Waals surface area contributed by atoms with Gasteiger partial charge in [-0.05, 0) is 30.2 Å². The normalized spacial score (nSPS) is 17.2. The zero-order valence-electron chi connectivity index (χ0n) is 8.04. The maximum Gasteiger partial charge on any atom is 0.123 e. The van der Waals surface area contributed by atoms with Crippen LogP contribution in [0.4, 0.5) is 4.39 Å². The van der Waals surface area contributed by atoms with E-state index in [4.69, 9.17) is 0 Å². The van der Waals surface area contributed by atoms with E-state index in [0.717, 1.165) is 26.1 Å². The molecule has 14 heavy (non-hydrogen) atoms. The van der Waals surface area contributed by atoms with E-state index in [0.29, 0.717) is 0 Å². The lowest BCUT2D eigenvalue weighted by atomic mass is 10.2. The molecule has 0 unspecified atom stereocenters. The first kappa shape index (κ1) is 9.41. The fourth-order valence-electron chi connectivity index (χ4n) is 1.60. The third-order valence-electron chi connectivity index (χ3n) is 2.39. The summed E-state index contributed by atoms with van der Waals surface area (Å²) in [6, 6.07) is 6.72. The van der Waals surface area contributed by atoms with Gasteiger partial charge in [-0.3, -0.25) is 4.90 Å². The van der Waals surface area contributed by atoms with Gasteiger partial charge in [-0.2, -0.15) is 0 Å². The van der Waals surface area contributed by atoms with E-state index in [9.17, 15) is 4.39 Å². The van der Waals surface area contributed by atoms with E-state index in [2.05, 4.69) is 17.1 Å². The predicted octanol–water partition coefficient (Wildman–Crippen LogP) is 2.39. The Bertz CT molecular complexity index is 316. The molecule has 1 aromatic carbocycles. The largest absolute Gasteiger partial charge is 0.295 e. The summed E-state index contributed by atoms with van der Waals surface area (Å²) in [6.07, 6.45) is 6.25. The second kappa shape index (κ2) is 4.38. The summed E-state index contributed by atoms with van der Waals surface area (Å²) < 4.78 is 12.6. The zero-order chi connectivity index (χ0) is 9.80. The molecule has 0 fully saturated rings. The van der Waals surface area contributed by atoms with Crippen molar-refractivity contribution in [3.8, 4) is 0 Å². The van der Waals surface area contributed by atoms with Gasteiger partial charge < -0.3 is 0 Å². The van der Waals surface area contributed by atoms with Crippen molar-refractivity contribution < 1.29 is 4.39 Å². The lowest BCUT2D eigenvalue weighted by Crippen LogP contribution is -2.26. The number of halogens is 1. The van der Waals surface area contributed by atoms with E-state index in [1.807, 2.05) is 12.1 Å². The summed E-state index contributed by atoms with van der Waals surface area (Å²) in [5.74, 6) is -0.166. The van der Waals surface area contributed by atoms with E-state index in [1.54, 1.807) is 0 Å². The van der Waals surface area contributed by atoms with Gasteiger partial charge in [0.15, 0.2) is 0 Å². The number of benzene rings is 1. The molecule has 0 saturated heterocycles. The van der Waals surface area contributed by atoms with Crippen LogP contribution in [-0.2, 0) is 6.54 Å². The Balaban J connectivity index is 1.96. The van der Waals surface area contributed by atoms with Crippen molar-refractivity contribution in [2.24, 2.45) is 0 Å². The Hall–Kier alpha value is -1.15. The summed E-state index contributed by atoms with van der Waals surface area (Å²) in [5, 5.41) is 0. The SMILES string of the molecule is Fc1ccc(CN2CC=[C]CC2)cc1. The molecule has 1 aliphatic heterocycles. The first-order chi connectivity index (χ1) is 6.84. The van der Waals surface area contributed by atoms with Crippen LogP contribution in [0, 0.1) is 11.9 Å². The molecular formula is C12H13FN. The number of hydrogen-bond acceptors (Lipinski definition) is 1. The van der Waals surface area contributed by atoms with Gasteiger partial charge in [0.1, 0.15) is 5.82 Å². The standard InChI is InChI=1S/C12H13FN/c13-12-6-4-11(5-7-12)10-14-8-2-1-3-9-14/h2,4-7H,3,8-10H2. The quantitative estimate of drug-likeness (QED) is 0.692. The van der Waals surface area contributed by atoms with Gasteiger partial charge >= 0.3 is 0 Å². The van der Waals surface area contributed by atoms with Gasteiger partial charge in [0.2, 0.25) is 0 Å². The highest BCUT2D eigenvalue weighted by Crippen LogP contribution is 2.09. The lowest BCUT2D eigenvalue weighted by Gasteiger charge is -2.22. The summed E-state index contributed by atoms with van der Waals surface area (Å²) >= 11 is 0. The summed E-state index contributed by atoms with van der Waals surface area (Å²) in [4.78, 5) is 2.32.